The molecule has 0 aliphatic heterocycles. The molecule has 1 rings (SSSR count). The number of phenols is 1. The minimum atomic E-state index is 0.107. The molecule has 76 valence electrons. The first-order chi connectivity index (χ1) is 6.74. The lowest BCUT2D eigenvalue weighted by atomic mass is 10.1. The normalized spacial score (nSPS) is 10.1. The predicted molar refractivity (Wildman–Crippen MR) is 57.0 cm³/mol. The van der Waals surface area contributed by atoms with Gasteiger partial charge in [-0.2, -0.15) is 0 Å². The molecule has 1 aromatic rings. The third-order valence-corrected chi connectivity index (χ3v) is 2.24. The van der Waals surface area contributed by atoms with Gasteiger partial charge in [-0.3, -0.25) is 4.79 Å². The van der Waals surface area contributed by atoms with Crippen molar-refractivity contribution in [3.05, 3.63) is 29.8 Å². The summed E-state index contributed by atoms with van der Waals surface area (Å²) in [7, 11) is 0. The molecular formula is C11H13ClO2. The second-order valence-electron chi connectivity index (χ2n) is 3.12. The van der Waals surface area contributed by atoms with Crippen LogP contribution in [0.5, 0.6) is 5.75 Å². The lowest BCUT2D eigenvalue weighted by molar-refractivity contribution is 0.0980. The number of rotatable bonds is 5. The van der Waals surface area contributed by atoms with Crippen molar-refractivity contribution >= 4 is 17.4 Å². The summed E-state index contributed by atoms with van der Waals surface area (Å²) >= 11 is 5.51. The van der Waals surface area contributed by atoms with E-state index in [0.717, 1.165) is 12.8 Å². The molecule has 14 heavy (non-hydrogen) atoms. The molecule has 0 aliphatic carbocycles. The summed E-state index contributed by atoms with van der Waals surface area (Å²) < 4.78 is 0. The molecule has 1 aromatic carbocycles. The Morgan fingerprint density at radius 2 is 1.86 bits per heavy atom. The summed E-state index contributed by atoms with van der Waals surface area (Å²) in [6.45, 7) is 0. The van der Waals surface area contributed by atoms with E-state index in [0.29, 0.717) is 17.9 Å². The van der Waals surface area contributed by atoms with Gasteiger partial charge in [-0.1, -0.05) is 0 Å². The summed E-state index contributed by atoms with van der Waals surface area (Å²) in [5.41, 5.74) is 0.650. The monoisotopic (exact) mass is 212 g/mol. The fraction of sp³-hybridized carbons (Fsp3) is 0.364. The maximum Gasteiger partial charge on any atom is 0.162 e. The van der Waals surface area contributed by atoms with Crippen LogP contribution in [0.15, 0.2) is 24.3 Å². The Balaban J connectivity index is 2.48. The van der Waals surface area contributed by atoms with Crippen LogP contribution in [0.2, 0.25) is 0 Å². The van der Waals surface area contributed by atoms with Gasteiger partial charge in [0.15, 0.2) is 5.78 Å². The number of hydrogen-bond acceptors (Lipinski definition) is 2. The molecule has 0 heterocycles. The standard InChI is InChI=1S/C11H13ClO2/c12-8-2-1-3-11(14)9-4-6-10(13)7-5-9/h4-7,13H,1-3,8H2. The third-order valence-electron chi connectivity index (χ3n) is 1.98. The van der Waals surface area contributed by atoms with Crippen molar-refractivity contribution in [1.82, 2.24) is 0 Å². The van der Waals surface area contributed by atoms with Crippen LogP contribution in [0.1, 0.15) is 29.6 Å². The van der Waals surface area contributed by atoms with Crippen LogP contribution in [-0.4, -0.2) is 16.8 Å². The Labute approximate surface area is 88.5 Å². The number of aromatic hydroxyl groups is 1. The van der Waals surface area contributed by atoms with Crippen molar-refractivity contribution in [2.75, 3.05) is 5.88 Å². The maximum atomic E-state index is 11.5. The minimum Gasteiger partial charge on any atom is -0.508 e. The summed E-state index contributed by atoms with van der Waals surface area (Å²) in [6, 6.07) is 6.32. The van der Waals surface area contributed by atoms with E-state index in [1.807, 2.05) is 0 Å². The Morgan fingerprint density at radius 3 is 2.43 bits per heavy atom. The fourth-order valence-electron chi connectivity index (χ4n) is 1.17. The number of ketones is 1. The van der Waals surface area contributed by atoms with E-state index in [4.69, 9.17) is 16.7 Å². The molecule has 3 heteroatoms. The molecule has 0 saturated heterocycles. The molecule has 0 saturated carbocycles. The fourth-order valence-corrected chi connectivity index (χ4v) is 1.36. The molecule has 2 nitrogen and oxygen atoms in total. The summed E-state index contributed by atoms with van der Waals surface area (Å²) in [5.74, 6) is 0.889. The second kappa shape index (κ2) is 5.66. The molecule has 1 N–H and O–H groups in total. The molecule has 0 radical (unpaired) electrons. The number of unbranched alkanes of at least 4 members (excludes halogenated alkanes) is 1. The SMILES string of the molecule is O=C(CCCCCl)c1ccc(O)cc1. The van der Waals surface area contributed by atoms with Crippen LogP contribution in [0, 0.1) is 0 Å². The number of hydrogen-bond donors (Lipinski definition) is 1. The minimum absolute atomic E-state index is 0.107. The first-order valence-electron chi connectivity index (χ1n) is 4.62. The third kappa shape index (κ3) is 3.38. The molecule has 0 fully saturated rings. The summed E-state index contributed by atoms with van der Waals surface area (Å²) in [4.78, 5) is 11.5. The Morgan fingerprint density at radius 1 is 1.21 bits per heavy atom. The zero-order chi connectivity index (χ0) is 10.4. The first kappa shape index (κ1) is 11.1. The van der Waals surface area contributed by atoms with Gasteiger partial charge in [-0.25, -0.2) is 0 Å². The van der Waals surface area contributed by atoms with Crippen molar-refractivity contribution in [3.8, 4) is 5.75 Å². The number of carbonyl (C=O) groups excluding carboxylic acids is 1. The Kier molecular flexibility index (Phi) is 4.47. The van der Waals surface area contributed by atoms with Gasteiger partial charge in [0, 0.05) is 17.9 Å². The van der Waals surface area contributed by atoms with E-state index in [2.05, 4.69) is 0 Å². The van der Waals surface area contributed by atoms with Crippen molar-refractivity contribution < 1.29 is 9.90 Å². The maximum absolute atomic E-state index is 11.5. The van der Waals surface area contributed by atoms with Crippen molar-refractivity contribution in [2.45, 2.75) is 19.3 Å². The Hall–Kier alpha value is -1.02. The van der Waals surface area contributed by atoms with Gasteiger partial charge in [0.05, 0.1) is 0 Å². The van der Waals surface area contributed by atoms with Crippen molar-refractivity contribution in [1.29, 1.82) is 0 Å². The van der Waals surface area contributed by atoms with E-state index in [9.17, 15) is 4.79 Å². The smallest absolute Gasteiger partial charge is 0.162 e. The highest BCUT2D eigenvalue weighted by molar-refractivity contribution is 6.17. The van der Waals surface area contributed by atoms with Crippen molar-refractivity contribution in [3.63, 3.8) is 0 Å². The number of halogens is 1. The van der Waals surface area contributed by atoms with Crippen LogP contribution in [-0.2, 0) is 0 Å². The van der Waals surface area contributed by atoms with Gasteiger partial charge >= 0.3 is 0 Å². The number of Topliss-reactive ketones (excluding diaryl/α,β-unsaturated/α-hetero) is 1. The van der Waals surface area contributed by atoms with E-state index in [-0.39, 0.29) is 11.5 Å². The highest BCUT2D eigenvalue weighted by Gasteiger charge is 2.04. The molecule has 0 spiro atoms. The van der Waals surface area contributed by atoms with Crippen LogP contribution >= 0.6 is 11.6 Å². The first-order valence-corrected chi connectivity index (χ1v) is 5.15. The highest BCUT2D eigenvalue weighted by Crippen LogP contribution is 2.12. The largest absolute Gasteiger partial charge is 0.508 e. The highest BCUT2D eigenvalue weighted by atomic mass is 35.5. The average molecular weight is 213 g/mol. The van der Waals surface area contributed by atoms with E-state index in [1.165, 1.54) is 12.1 Å². The molecule has 0 atom stereocenters. The average Bonchev–Trinajstić information content (AvgIpc) is 2.19. The van der Waals surface area contributed by atoms with Crippen LogP contribution in [0.4, 0.5) is 0 Å². The summed E-state index contributed by atoms with van der Waals surface area (Å²) in [5, 5.41) is 9.02. The van der Waals surface area contributed by atoms with Crippen LogP contribution < -0.4 is 0 Å². The molecule has 0 amide bonds. The number of phenolic OH excluding ortho intramolecular Hbond substituents is 1. The predicted octanol–water partition coefficient (Wildman–Crippen LogP) is 2.98. The number of carbonyl (C=O) groups is 1. The molecular weight excluding hydrogens is 200 g/mol. The topological polar surface area (TPSA) is 37.3 Å². The van der Waals surface area contributed by atoms with Gasteiger partial charge < -0.3 is 5.11 Å². The zero-order valence-corrected chi connectivity index (χ0v) is 8.63. The van der Waals surface area contributed by atoms with Crippen LogP contribution in [0.3, 0.4) is 0 Å². The van der Waals surface area contributed by atoms with Gasteiger partial charge in [-0.05, 0) is 37.1 Å². The van der Waals surface area contributed by atoms with Crippen molar-refractivity contribution in [2.24, 2.45) is 0 Å². The number of alkyl halides is 1. The zero-order valence-electron chi connectivity index (χ0n) is 7.87. The van der Waals surface area contributed by atoms with Gasteiger partial charge in [0.25, 0.3) is 0 Å². The lowest BCUT2D eigenvalue weighted by Gasteiger charge is -2.00. The van der Waals surface area contributed by atoms with Gasteiger partial charge in [-0.15, -0.1) is 11.6 Å². The summed E-state index contributed by atoms with van der Waals surface area (Å²) in [6.07, 6.45) is 2.21. The molecule has 0 aromatic heterocycles. The molecule has 0 unspecified atom stereocenters. The van der Waals surface area contributed by atoms with Crippen LogP contribution in [0.25, 0.3) is 0 Å². The lowest BCUT2D eigenvalue weighted by Crippen LogP contribution is -1.98. The van der Waals surface area contributed by atoms with E-state index >= 15 is 0 Å². The number of benzene rings is 1. The van der Waals surface area contributed by atoms with Gasteiger partial charge in [0.1, 0.15) is 5.75 Å². The molecule has 0 aliphatic rings. The van der Waals surface area contributed by atoms with E-state index < -0.39 is 0 Å². The quantitative estimate of drug-likeness (QED) is 0.463. The van der Waals surface area contributed by atoms with E-state index in [1.54, 1.807) is 12.1 Å². The van der Waals surface area contributed by atoms with Gasteiger partial charge in [0.2, 0.25) is 0 Å². The molecule has 0 bridgehead atoms. The Bertz CT molecular complexity index is 293. The second-order valence-corrected chi connectivity index (χ2v) is 3.49.